The van der Waals surface area contributed by atoms with Gasteiger partial charge in [-0.25, -0.2) is 4.98 Å². The van der Waals surface area contributed by atoms with Gasteiger partial charge in [-0.05, 0) is 19.3 Å². The van der Waals surface area contributed by atoms with Gasteiger partial charge in [0.25, 0.3) is 5.56 Å². The van der Waals surface area contributed by atoms with Crippen LogP contribution in [0, 0.1) is 0 Å². The van der Waals surface area contributed by atoms with Crippen molar-refractivity contribution in [2.24, 2.45) is 0 Å². The summed E-state index contributed by atoms with van der Waals surface area (Å²) >= 11 is 0. The normalized spacial score (nSPS) is 15.1. The molecule has 0 aromatic carbocycles. The maximum absolute atomic E-state index is 11.4. The Morgan fingerprint density at radius 1 is 1.59 bits per heavy atom. The quantitative estimate of drug-likeness (QED) is 0.682. The van der Waals surface area contributed by atoms with Crippen LogP contribution in [-0.2, 0) is 17.7 Å². The van der Waals surface area contributed by atoms with Gasteiger partial charge in [-0.3, -0.25) is 4.79 Å². The van der Waals surface area contributed by atoms with E-state index in [1.807, 2.05) is 0 Å². The Bertz CT molecular complexity index is 412. The third-order valence-corrected chi connectivity index (χ3v) is 2.76. The molecule has 1 aliphatic carbocycles. The minimum absolute atomic E-state index is 0.0694. The average molecular weight is 237 g/mol. The molecule has 1 heterocycles. The van der Waals surface area contributed by atoms with Gasteiger partial charge in [0.2, 0.25) is 0 Å². The second kappa shape index (κ2) is 5.93. The second-order valence-corrected chi connectivity index (χ2v) is 4.43. The van der Waals surface area contributed by atoms with Crippen LogP contribution in [0.4, 0.5) is 0 Å². The number of aromatic amines is 1. The summed E-state index contributed by atoms with van der Waals surface area (Å²) < 4.78 is 4.98. The van der Waals surface area contributed by atoms with E-state index in [0.717, 1.165) is 24.4 Å². The van der Waals surface area contributed by atoms with Crippen LogP contribution in [0.15, 0.2) is 10.9 Å². The number of aryl methyl sites for hydroxylation is 1. The number of ether oxygens (including phenoxy) is 1. The standard InChI is InChI=1S/C12H19N3O2/c1-17-6-2-3-11-14-10(7-12(16)15-11)8-13-9-4-5-9/h7,9,13H,2-6,8H2,1H3,(H,14,15,16). The maximum Gasteiger partial charge on any atom is 0.251 e. The summed E-state index contributed by atoms with van der Waals surface area (Å²) in [4.78, 5) is 18.6. The van der Waals surface area contributed by atoms with Crippen molar-refractivity contribution in [2.45, 2.75) is 38.3 Å². The van der Waals surface area contributed by atoms with Gasteiger partial charge in [0.1, 0.15) is 5.82 Å². The number of aromatic nitrogens is 2. The summed E-state index contributed by atoms with van der Waals surface area (Å²) in [6, 6.07) is 2.20. The maximum atomic E-state index is 11.4. The van der Waals surface area contributed by atoms with Crippen LogP contribution in [0.5, 0.6) is 0 Å². The summed E-state index contributed by atoms with van der Waals surface area (Å²) in [5, 5.41) is 3.35. The fourth-order valence-corrected chi connectivity index (χ4v) is 1.69. The van der Waals surface area contributed by atoms with E-state index in [9.17, 15) is 4.79 Å². The van der Waals surface area contributed by atoms with Gasteiger partial charge in [-0.1, -0.05) is 0 Å². The fourth-order valence-electron chi connectivity index (χ4n) is 1.69. The summed E-state index contributed by atoms with van der Waals surface area (Å²) in [7, 11) is 1.67. The third-order valence-electron chi connectivity index (χ3n) is 2.76. The van der Waals surface area contributed by atoms with E-state index < -0.39 is 0 Å². The van der Waals surface area contributed by atoms with Gasteiger partial charge in [0.05, 0.1) is 5.69 Å². The fraction of sp³-hybridized carbons (Fsp3) is 0.667. The predicted molar refractivity (Wildman–Crippen MR) is 64.9 cm³/mol. The monoisotopic (exact) mass is 237 g/mol. The Kier molecular flexibility index (Phi) is 4.28. The number of nitrogens with one attached hydrogen (secondary N) is 2. The first-order valence-electron chi connectivity index (χ1n) is 6.09. The predicted octanol–water partition coefficient (Wildman–Crippen LogP) is 0.601. The van der Waals surface area contributed by atoms with Gasteiger partial charge in [-0.15, -0.1) is 0 Å². The van der Waals surface area contributed by atoms with E-state index in [1.54, 1.807) is 13.2 Å². The molecule has 0 spiro atoms. The van der Waals surface area contributed by atoms with Crippen molar-refractivity contribution < 1.29 is 4.74 Å². The average Bonchev–Trinajstić information content (AvgIpc) is 3.10. The number of hydrogen-bond acceptors (Lipinski definition) is 4. The van der Waals surface area contributed by atoms with Crippen molar-refractivity contribution in [1.82, 2.24) is 15.3 Å². The number of rotatable bonds is 7. The van der Waals surface area contributed by atoms with E-state index in [2.05, 4.69) is 15.3 Å². The van der Waals surface area contributed by atoms with Gasteiger partial charge < -0.3 is 15.0 Å². The molecular weight excluding hydrogens is 218 g/mol. The lowest BCUT2D eigenvalue weighted by Gasteiger charge is -2.05. The molecule has 2 rings (SSSR count). The molecule has 0 bridgehead atoms. The number of methoxy groups -OCH3 is 1. The van der Waals surface area contributed by atoms with Gasteiger partial charge in [0, 0.05) is 38.8 Å². The SMILES string of the molecule is COCCCc1nc(CNC2CC2)cc(=O)[nH]1. The zero-order valence-electron chi connectivity index (χ0n) is 10.2. The van der Waals surface area contributed by atoms with Crippen LogP contribution >= 0.6 is 0 Å². The van der Waals surface area contributed by atoms with E-state index in [1.165, 1.54) is 12.8 Å². The van der Waals surface area contributed by atoms with Gasteiger partial charge in [-0.2, -0.15) is 0 Å². The Balaban J connectivity index is 1.92. The highest BCUT2D eigenvalue weighted by Crippen LogP contribution is 2.18. The molecule has 0 saturated heterocycles. The van der Waals surface area contributed by atoms with Crippen molar-refractivity contribution in [3.05, 3.63) is 27.9 Å². The highest BCUT2D eigenvalue weighted by molar-refractivity contribution is 5.03. The molecule has 0 amide bonds. The minimum Gasteiger partial charge on any atom is -0.385 e. The van der Waals surface area contributed by atoms with Crippen molar-refractivity contribution >= 4 is 0 Å². The molecule has 1 aromatic rings. The zero-order chi connectivity index (χ0) is 12.1. The van der Waals surface area contributed by atoms with Crippen molar-refractivity contribution in [3.63, 3.8) is 0 Å². The Morgan fingerprint density at radius 3 is 3.12 bits per heavy atom. The van der Waals surface area contributed by atoms with Crippen LogP contribution < -0.4 is 10.9 Å². The lowest BCUT2D eigenvalue weighted by molar-refractivity contribution is 0.194. The van der Waals surface area contributed by atoms with Crippen molar-refractivity contribution in [3.8, 4) is 0 Å². The molecular formula is C12H19N3O2. The van der Waals surface area contributed by atoms with Crippen molar-refractivity contribution in [2.75, 3.05) is 13.7 Å². The number of H-pyrrole nitrogens is 1. The first-order valence-corrected chi connectivity index (χ1v) is 6.09. The first-order chi connectivity index (χ1) is 8.28. The summed E-state index contributed by atoms with van der Waals surface area (Å²) in [5.41, 5.74) is 0.757. The lowest BCUT2D eigenvalue weighted by atomic mass is 10.3. The third kappa shape index (κ3) is 4.28. The van der Waals surface area contributed by atoms with Crippen molar-refractivity contribution in [1.29, 1.82) is 0 Å². The van der Waals surface area contributed by atoms with Crippen LogP contribution in [0.3, 0.4) is 0 Å². The Morgan fingerprint density at radius 2 is 2.41 bits per heavy atom. The molecule has 1 fully saturated rings. The molecule has 1 saturated carbocycles. The highest BCUT2D eigenvalue weighted by Gasteiger charge is 2.20. The van der Waals surface area contributed by atoms with E-state index in [0.29, 0.717) is 19.2 Å². The Labute approximate surface area is 101 Å². The van der Waals surface area contributed by atoms with Crippen LogP contribution in [0.1, 0.15) is 30.8 Å². The summed E-state index contributed by atoms with van der Waals surface area (Å²) in [6.45, 7) is 1.38. The van der Waals surface area contributed by atoms with Gasteiger partial charge in [0.15, 0.2) is 0 Å². The Hall–Kier alpha value is -1.20. The molecule has 1 aromatic heterocycles. The molecule has 0 unspecified atom stereocenters. The number of nitrogens with zero attached hydrogens (tertiary/aromatic N) is 1. The van der Waals surface area contributed by atoms with Crippen LogP contribution in [0.2, 0.25) is 0 Å². The molecule has 0 aliphatic heterocycles. The minimum atomic E-state index is -0.0694. The largest absolute Gasteiger partial charge is 0.385 e. The molecule has 1 aliphatic rings. The molecule has 17 heavy (non-hydrogen) atoms. The van der Waals surface area contributed by atoms with Crippen LogP contribution in [-0.4, -0.2) is 29.7 Å². The molecule has 0 radical (unpaired) electrons. The van der Waals surface area contributed by atoms with Gasteiger partial charge >= 0.3 is 0 Å². The summed E-state index contributed by atoms with van der Waals surface area (Å²) in [6.07, 6.45) is 4.10. The zero-order valence-corrected chi connectivity index (χ0v) is 10.2. The van der Waals surface area contributed by atoms with E-state index in [-0.39, 0.29) is 5.56 Å². The highest BCUT2D eigenvalue weighted by atomic mass is 16.5. The van der Waals surface area contributed by atoms with E-state index in [4.69, 9.17) is 4.74 Å². The molecule has 0 atom stereocenters. The second-order valence-electron chi connectivity index (χ2n) is 4.43. The lowest BCUT2D eigenvalue weighted by Crippen LogP contribution is -2.20. The molecule has 5 nitrogen and oxygen atoms in total. The number of hydrogen-bond donors (Lipinski definition) is 2. The first kappa shape index (κ1) is 12.3. The summed E-state index contributed by atoms with van der Waals surface area (Å²) in [5.74, 6) is 0.752. The topological polar surface area (TPSA) is 67.0 Å². The van der Waals surface area contributed by atoms with Crippen LogP contribution in [0.25, 0.3) is 0 Å². The molecule has 94 valence electrons. The van der Waals surface area contributed by atoms with E-state index >= 15 is 0 Å². The molecule has 2 N–H and O–H groups in total. The smallest absolute Gasteiger partial charge is 0.251 e. The molecule has 5 heteroatoms.